The zero-order chi connectivity index (χ0) is 11.8. The highest BCUT2D eigenvalue weighted by Gasteiger charge is 2.18. The monoisotopic (exact) mass is 251 g/mol. The van der Waals surface area contributed by atoms with Gasteiger partial charge < -0.3 is 10.8 Å². The van der Waals surface area contributed by atoms with Crippen molar-refractivity contribution in [3.05, 3.63) is 22.7 Å². The normalized spacial score (nSPS) is 11.3. The number of hydrogen-bond acceptors (Lipinski definition) is 4. The number of anilines is 1. The second-order valence-electron chi connectivity index (χ2n) is 2.65. The average Bonchev–Trinajstić information content (AvgIpc) is 2.06. The number of nitrogen functional groups attached to an aromatic ring is 1. The predicted molar refractivity (Wildman–Crippen MR) is 52.6 cm³/mol. The summed E-state index contributed by atoms with van der Waals surface area (Å²) >= 11 is 5.51. The molecule has 0 saturated heterocycles. The molecule has 1 aromatic carbocycles. The Kier molecular flexibility index (Phi) is 2.89. The van der Waals surface area contributed by atoms with Crippen LogP contribution in [0, 0.1) is 0 Å². The van der Waals surface area contributed by atoms with Gasteiger partial charge >= 0.3 is 5.97 Å². The number of nitrogens with two attached hydrogens (primary N) is 1. The van der Waals surface area contributed by atoms with Crippen molar-refractivity contribution < 1.29 is 22.9 Å². The van der Waals surface area contributed by atoms with Crippen molar-refractivity contribution in [1.82, 2.24) is 0 Å². The third-order valence-electron chi connectivity index (χ3n) is 1.63. The maximum Gasteiger partial charge on any atom is 0.337 e. The van der Waals surface area contributed by atoms with E-state index in [9.17, 15) is 13.2 Å². The third-order valence-corrected chi connectivity index (χ3v) is 2.78. The lowest BCUT2D eigenvalue weighted by atomic mass is 10.2. The Bertz CT molecular complexity index is 524. The molecule has 0 aliphatic heterocycles. The topological polar surface area (TPSA) is 118 Å². The largest absolute Gasteiger partial charge is 0.478 e. The molecule has 15 heavy (non-hydrogen) atoms. The number of hydrogen-bond donors (Lipinski definition) is 3. The van der Waals surface area contributed by atoms with Crippen LogP contribution in [0.3, 0.4) is 0 Å². The first-order valence-electron chi connectivity index (χ1n) is 3.53. The number of carboxylic acids is 1. The van der Waals surface area contributed by atoms with Crippen LogP contribution < -0.4 is 5.73 Å². The van der Waals surface area contributed by atoms with Crippen molar-refractivity contribution in [2.24, 2.45) is 0 Å². The van der Waals surface area contributed by atoms with Crippen molar-refractivity contribution in [2.75, 3.05) is 5.73 Å². The summed E-state index contributed by atoms with van der Waals surface area (Å²) in [5, 5.41) is 8.42. The van der Waals surface area contributed by atoms with Gasteiger partial charge in [-0.05, 0) is 12.1 Å². The Morgan fingerprint density at radius 2 is 1.93 bits per heavy atom. The van der Waals surface area contributed by atoms with Crippen molar-refractivity contribution in [2.45, 2.75) is 4.90 Å². The molecular formula is C7H6ClNO5S. The summed E-state index contributed by atoms with van der Waals surface area (Å²) in [6, 6.07) is 1.61. The van der Waals surface area contributed by atoms with Gasteiger partial charge in [0, 0.05) is 0 Å². The smallest absolute Gasteiger partial charge is 0.337 e. The summed E-state index contributed by atoms with van der Waals surface area (Å²) < 4.78 is 30.2. The second kappa shape index (κ2) is 3.69. The number of carbonyl (C=O) groups is 1. The fourth-order valence-electron chi connectivity index (χ4n) is 0.919. The van der Waals surface area contributed by atoms with Crippen molar-refractivity contribution >= 4 is 33.4 Å². The van der Waals surface area contributed by atoms with Gasteiger partial charge in [0.15, 0.2) is 0 Å². The SMILES string of the molecule is Nc1c(Cl)cc(S(=O)(=O)O)cc1C(=O)O. The van der Waals surface area contributed by atoms with Gasteiger partial charge in [-0.15, -0.1) is 0 Å². The minimum atomic E-state index is -4.50. The average molecular weight is 252 g/mol. The highest BCUT2D eigenvalue weighted by molar-refractivity contribution is 7.85. The van der Waals surface area contributed by atoms with Gasteiger partial charge in [-0.1, -0.05) is 11.6 Å². The fourth-order valence-corrected chi connectivity index (χ4v) is 1.74. The first-order chi connectivity index (χ1) is 6.73. The van der Waals surface area contributed by atoms with E-state index in [-0.39, 0.29) is 10.7 Å². The van der Waals surface area contributed by atoms with Gasteiger partial charge in [0.05, 0.1) is 21.2 Å². The van der Waals surface area contributed by atoms with Crippen LogP contribution in [-0.4, -0.2) is 24.0 Å². The molecule has 0 heterocycles. The number of carboxylic acid groups (broad SMARTS) is 1. The Balaban J connectivity index is 3.57. The van der Waals surface area contributed by atoms with E-state index in [2.05, 4.69) is 0 Å². The van der Waals surface area contributed by atoms with Gasteiger partial charge in [0.25, 0.3) is 10.1 Å². The zero-order valence-corrected chi connectivity index (χ0v) is 8.71. The highest BCUT2D eigenvalue weighted by atomic mass is 35.5. The molecule has 0 unspecified atom stereocenters. The molecule has 0 saturated carbocycles. The van der Waals surface area contributed by atoms with E-state index < -0.39 is 26.5 Å². The molecule has 0 aliphatic rings. The molecule has 0 fully saturated rings. The van der Waals surface area contributed by atoms with E-state index in [0.29, 0.717) is 0 Å². The van der Waals surface area contributed by atoms with Crippen LogP contribution in [0.1, 0.15) is 10.4 Å². The maximum absolute atomic E-state index is 10.7. The number of halogens is 1. The van der Waals surface area contributed by atoms with E-state index in [0.717, 1.165) is 12.1 Å². The predicted octanol–water partition coefficient (Wildman–Crippen LogP) is 0.867. The van der Waals surface area contributed by atoms with Crippen LogP contribution in [0.2, 0.25) is 5.02 Å². The fraction of sp³-hybridized carbons (Fsp3) is 0. The molecule has 82 valence electrons. The molecule has 0 radical (unpaired) electrons. The number of benzene rings is 1. The van der Waals surface area contributed by atoms with E-state index in [1.807, 2.05) is 0 Å². The van der Waals surface area contributed by atoms with Gasteiger partial charge in [0.2, 0.25) is 0 Å². The summed E-state index contributed by atoms with van der Waals surface area (Å²) in [6.07, 6.45) is 0. The number of aromatic carboxylic acids is 1. The Morgan fingerprint density at radius 1 is 1.40 bits per heavy atom. The molecule has 1 rings (SSSR count). The highest BCUT2D eigenvalue weighted by Crippen LogP contribution is 2.27. The van der Waals surface area contributed by atoms with Gasteiger partial charge in [-0.25, -0.2) is 4.79 Å². The van der Waals surface area contributed by atoms with Crippen LogP contribution in [0.25, 0.3) is 0 Å². The van der Waals surface area contributed by atoms with E-state index in [4.69, 9.17) is 27.0 Å². The third kappa shape index (κ3) is 2.38. The first kappa shape index (κ1) is 11.8. The van der Waals surface area contributed by atoms with Crippen molar-refractivity contribution in [3.8, 4) is 0 Å². The summed E-state index contributed by atoms with van der Waals surface area (Å²) in [5.41, 5.74) is 4.58. The summed E-state index contributed by atoms with van der Waals surface area (Å²) in [5.74, 6) is -1.43. The molecule has 0 spiro atoms. The molecule has 0 amide bonds. The summed E-state index contributed by atoms with van der Waals surface area (Å²) in [4.78, 5) is 10.0. The summed E-state index contributed by atoms with van der Waals surface area (Å²) in [6.45, 7) is 0. The van der Waals surface area contributed by atoms with Crippen molar-refractivity contribution in [1.29, 1.82) is 0 Å². The quantitative estimate of drug-likeness (QED) is 0.530. The van der Waals surface area contributed by atoms with Crippen LogP contribution in [0.15, 0.2) is 17.0 Å². The molecule has 8 heteroatoms. The van der Waals surface area contributed by atoms with Gasteiger partial charge in [0.1, 0.15) is 0 Å². The standard InChI is InChI=1S/C7H6ClNO5S/c8-5-2-3(15(12,13)14)1-4(6(5)9)7(10)11/h1-2H,9H2,(H,10,11)(H,12,13,14). The summed E-state index contributed by atoms with van der Waals surface area (Å²) in [7, 11) is -4.50. The lowest BCUT2D eigenvalue weighted by Crippen LogP contribution is -2.07. The Labute approximate surface area is 90.0 Å². The molecule has 0 atom stereocenters. The minimum Gasteiger partial charge on any atom is -0.478 e. The maximum atomic E-state index is 10.7. The van der Waals surface area contributed by atoms with E-state index in [1.54, 1.807) is 0 Å². The van der Waals surface area contributed by atoms with Gasteiger partial charge in [-0.2, -0.15) is 8.42 Å². The number of rotatable bonds is 2. The lowest BCUT2D eigenvalue weighted by molar-refractivity contribution is 0.0698. The van der Waals surface area contributed by atoms with E-state index in [1.165, 1.54) is 0 Å². The van der Waals surface area contributed by atoms with Gasteiger partial charge in [-0.3, -0.25) is 4.55 Å². The van der Waals surface area contributed by atoms with Crippen LogP contribution in [-0.2, 0) is 10.1 Å². The van der Waals surface area contributed by atoms with E-state index >= 15 is 0 Å². The molecule has 0 aromatic heterocycles. The Morgan fingerprint density at radius 3 is 2.33 bits per heavy atom. The second-order valence-corrected chi connectivity index (χ2v) is 4.48. The molecule has 6 nitrogen and oxygen atoms in total. The van der Waals surface area contributed by atoms with Crippen molar-refractivity contribution in [3.63, 3.8) is 0 Å². The molecule has 4 N–H and O–H groups in total. The van der Waals surface area contributed by atoms with Crippen LogP contribution in [0.4, 0.5) is 5.69 Å². The molecule has 1 aromatic rings. The molecule has 0 aliphatic carbocycles. The molecule has 0 bridgehead atoms. The van der Waals surface area contributed by atoms with Crippen LogP contribution in [0.5, 0.6) is 0 Å². The zero-order valence-electron chi connectivity index (χ0n) is 7.14. The first-order valence-corrected chi connectivity index (χ1v) is 5.35. The minimum absolute atomic E-state index is 0.248. The lowest BCUT2D eigenvalue weighted by Gasteiger charge is -2.05. The molecular weight excluding hydrogens is 246 g/mol. The van der Waals surface area contributed by atoms with Crippen LogP contribution >= 0.6 is 11.6 Å². The Hall–Kier alpha value is -1.31.